The summed E-state index contributed by atoms with van der Waals surface area (Å²) in [6, 6.07) is 7.92. The molecule has 0 bridgehead atoms. The van der Waals surface area contributed by atoms with E-state index in [1.165, 1.54) is 5.56 Å². The molecule has 0 unspecified atom stereocenters. The quantitative estimate of drug-likeness (QED) is 0.686. The van der Waals surface area contributed by atoms with E-state index < -0.39 is 0 Å². The van der Waals surface area contributed by atoms with E-state index in [4.69, 9.17) is 9.47 Å². The Morgan fingerprint density at radius 2 is 1.86 bits per heavy atom. The van der Waals surface area contributed by atoms with E-state index in [1.54, 1.807) is 23.1 Å². The maximum Gasteiger partial charge on any atom is 0.257 e. The SMILES string of the molecule is O=C(c1cnc2ccnn2c1)N1CCN(Cc2ccc3c(c2)OCCO3)CC1. The number of carbonyl (C=O) groups excluding carboxylic acids is 1. The first-order chi connectivity index (χ1) is 13.8. The lowest BCUT2D eigenvalue weighted by molar-refractivity contribution is 0.0627. The van der Waals surface area contributed by atoms with Crippen molar-refractivity contribution in [2.45, 2.75) is 6.54 Å². The molecule has 0 saturated carbocycles. The smallest absolute Gasteiger partial charge is 0.257 e. The Morgan fingerprint density at radius 1 is 1.04 bits per heavy atom. The standard InChI is InChI=1S/C20H21N5O3/c26-20(16-12-21-19-3-4-22-25(19)14-16)24-7-5-23(6-8-24)13-15-1-2-17-18(11-15)28-10-9-27-17/h1-4,11-12,14H,5-10,13H2. The highest BCUT2D eigenvalue weighted by atomic mass is 16.6. The monoisotopic (exact) mass is 379 g/mol. The van der Waals surface area contributed by atoms with Crippen molar-refractivity contribution in [1.82, 2.24) is 24.4 Å². The minimum absolute atomic E-state index is 0.00359. The Bertz CT molecular complexity index is 1010. The normalized spacial score (nSPS) is 17.1. The number of amides is 1. The zero-order chi connectivity index (χ0) is 18.9. The van der Waals surface area contributed by atoms with Crippen molar-refractivity contribution in [3.63, 3.8) is 0 Å². The van der Waals surface area contributed by atoms with Crippen molar-refractivity contribution in [2.24, 2.45) is 0 Å². The Balaban J connectivity index is 1.20. The molecule has 0 radical (unpaired) electrons. The van der Waals surface area contributed by atoms with E-state index in [-0.39, 0.29) is 5.91 Å². The van der Waals surface area contributed by atoms with Gasteiger partial charge in [-0.1, -0.05) is 6.07 Å². The van der Waals surface area contributed by atoms with Crippen LogP contribution in [0.3, 0.4) is 0 Å². The number of fused-ring (bicyclic) bond motifs is 2. The summed E-state index contributed by atoms with van der Waals surface area (Å²) in [5.74, 6) is 1.64. The number of nitrogens with zero attached hydrogens (tertiary/aromatic N) is 5. The van der Waals surface area contributed by atoms with Gasteiger partial charge in [0, 0.05) is 51.2 Å². The predicted molar refractivity (Wildman–Crippen MR) is 102 cm³/mol. The van der Waals surface area contributed by atoms with Crippen LogP contribution < -0.4 is 9.47 Å². The van der Waals surface area contributed by atoms with Gasteiger partial charge in [0.2, 0.25) is 0 Å². The number of ether oxygens (including phenoxy) is 2. The number of benzene rings is 1. The summed E-state index contributed by atoms with van der Waals surface area (Å²) in [7, 11) is 0. The second-order valence-electron chi connectivity index (χ2n) is 7.02. The first kappa shape index (κ1) is 17.0. The average molecular weight is 379 g/mol. The van der Waals surface area contributed by atoms with Crippen LogP contribution in [0.15, 0.2) is 42.9 Å². The van der Waals surface area contributed by atoms with Crippen LogP contribution in [-0.2, 0) is 6.54 Å². The minimum atomic E-state index is 0.00359. The van der Waals surface area contributed by atoms with Crippen LogP contribution in [0.2, 0.25) is 0 Å². The predicted octanol–water partition coefficient (Wildman–Crippen LogP) is 1.46. The van der Waals surface area contributed by atoms with Crippen LogP contribution in [-0.4, -0.2) is 69.7 Å². The maximum atomic E-state index is 12.8. The van der Waals surface area contributed by atoms with Crippen molar-refractivity contribution < 1.29 is 14.3 Å². The third kappa shape index (κ3) is 3.27. The number of hydrogen-bond donors (Lipinski definition) is 0. The number of piperazine rings is 1. The fraction of sp³-hybridized carbons (Fsp3) is 0.350. The van der Waals surface area contributed by atoms with Gasteiger partial charge in [-0.05, 0) is 17.7 Å². The zero-order valence-electron chi connectivity index (χ0n) is 15.5. The van der Waals surface area contributed by atoms with Gasteiger partial charge in [0.05, 0.1) is 11.8 Å². The molecule has 1 amide bonds. The minimum Gasteiger partial charge on any atom is -0.486 e. The molecule has 0 atom stereocenters. The zero-order valence-corrected chi connectivity index (χ0v) is 15.5. The van der Waals surface area contributed by atoms with Crippen molar-refractivity contribution in [3.05, 3.63) is 54.0 Å². The largest absolute Gasteiger partial charge is 0.486 e. The Hall–Kier alpha value is -3.13. The van der Waals surface area contributed by atoms with Crippen molar-refractivity contribution in [2.75, 3.05) is 39.4 Å². The number of aromatic nitrogens is 3. The fourth-order valence-electron chi connectivity index (χ4n) is 3.66. The lowest BCUT2D eigenvalue weighted by Crippen LogP contribution is -2.48. The van der Waals surface area contributed by atoms with E-state index in [1.807, 2.05) is 17.0 Å². The van der Waals surface area contributed by atoms with Crippen LogP contribution in [0.4, 0.5) is 0 Å². The highest BCUT2D eigenvalue weighted by Crippen LogP contribution is 2.31. The maximum absolute atomic E-state index is 12.8. The topological polar surface area (TPSA) is 72.2 Å². The Kier molecular flexibility index (Phi) is 4.32. The lowest BCUT2D eigenvalue weighted by Gasteiger charge is -2.34. The number of hydrogen-bond acceptors (Lipinski definition) is 6. The van der Waals surface area contributed by atoms with Crippen molar-refractivity contribution in [1.29, 1.82) is 0 Å². The fourth-order valence-corrected chi connectivity index (χ4v) is 3.66. The van der Waals surface area contributed by atoms with Gasteiger partial charge in [-0.15, -0.1) is 0 Å². The number of rotatable bonds is 3. The first-order valence-corrected chi connectivity index (χ1v) is 9.46. The molecule has 3 aromatic rings. The molecule has 8 nitrogen and oxygen atoms in total. The molecule has 2 aliphatic rings. The van der Waals surface area contributed by atoms with Gasteiger partial charge in [-0.2, -0.15) is 5.10 Å². The van der Waals surface area contributed by atoms with Crippen molar-refractivity contribution >= 4 is 11.6 Å². The van der Waals surface area contributed by atoms with Crippen molar-refractivity contribution in [3.8, 4) is 11.5 Å². The summed E-state index contributed by atoms with van der Waals surface area (Å²) in [4.78, 5) is 21.3. The van der Waals surface area contributed by atoms with Gasteiger partial charge >= 0.3 is 0 Å². The molecule has 2 aromatic heterocycles. The molecular formula is C20H21N5O3. The molecule has 4 heterocycles. The molecule has 8 heteroatoms. The second kappa shape index (κ2) is 7.12. The second-order valence-corrected chi connectivity index (χ2v) is 7.02. The summed E-state index contributed by atoms with van der Waals surface area (Å²) in [5, 5.41) is 4.15. The highest BCUT2D eigenvalue weighted by Gasteiger charge is 2.23. The van der Waals surface area contributed by atoms with Gasteiger partial charge in [0.1, 0.15) is 13.2 Å². The Morgan fingerprint density at radius 3 is 2.71 bits per heavy atom. The van der Waals surface area contributed by atoms with E-state index in [0.29, 0.717) is 31.9 Å². The molecule has 1 aromatic carbocycles. The van der Waals surface area contributed by atoms with Crippen LogP contribution in [0.25, 0.3) is 5.65 Å². The summed E-state index contributed by atoms with van der Waals surface area (Å²) in [6.45, 7) is 5.08. The van der Waals surface area contributed by atoms with E-state index in [9.17, 15) is 4.79 Å². The van der Waals surface area contributed by atoms with Gasteiger partial charge in [0.15, 0.2) is 17.1 Å². The Labute approximate surface area is 162 Å². The summed E-state index contributed by atoms with van der Waals surface area (Å²) in [6.07, 6.45) is 5.04. The molecule has 0 aliphatic carbocycles. The van der Waals surface area contributed by atoms with Gasteiger partial charge in [-0.3, -0.25) is 9.69 Å². The average Bonchev–Trinajstić information content (AvgIpc) is 3.21. The van der Waals surface area contributed by atoms with Gasteiger partial charge in [0.25, 0.3) is 5.91 Å². The first-order valence-electron chi connectivity index (χ1n) is 9.46. The van der Waals surface area contributed by atoms with Gasteiger partial charge in [-0.25, -0.2) is 9.50 Å². The molecule has 1 fully saturated rings. The summed E-state index contributed by atoms with van der Waals surface area (Å²) < 4.78 is 12.9. The highest BCUT2D eigenvalue weighted by molar-refractivity contribution is 5.93. The van der Waals surface area contributed by atoms with Gasteiger partial charge < -0.3 is 14.4 Å². The lowest BCUT2D eigenvalue weighted by atomic mass is 10.1. The summed E-state index contributed by atoms with van der Waals surface area (Å²) >= 11 is 0. The van der Waals surface area contributed by atoms with E-state index >= 15 is 0 Å². The third-order valence-corrected chi connectivity index (χ3v) is 5.17. The molecule has 144 valence electrons. The molecule has 2 aliphatic heterocycles. The van der Waals surface area contributed by atoms with Crippen LogP contribution >= 0.6 is 0 Å². The van der Waals surface area contributed by atoms with E-state index in [0.717, 1.165) is 36.8 Å². The van der Waals surface area contributed by atoms with Crippen LogP contribution in [0.1, 0.15) is 15.9 Å². The molecule has 0 spiro atoms. The molecule has 0 N–H and O–H groups in total. The molecule has 28 heavy (non-hydrogen) atoms. The molecule has 1 saturated heterocycles. The third-order valence-electron chi connectivity index (χ3n) is 5.17. The number of carbonyl (C=O) groups is 1. The van der Waals surface area contributed by atoms with Crippen LogP contribution in [0.5, 0.6) is 11.5 Å². The van der Waals surface area contributed by atoms with Crippen LogP contribution in [0, 0.1) is 0 Å². The van der Waals surface area contributed by atoms with E-state index in [2.05, 4.69) is 27.1 Å². The molecular weight excluding hydrogens is 358 g/mol. The molecule has 5 rings (SSSR count). The summed E-state index contributed by atoms with van der Waals surface area (Å²) in [5.41, 5.74) is 2.50.